The van der Waals surface area contributed by atoms with E-state index in [1.54, 1.807) is 0 Å². The fourth-order valence-electron chi connectivity index (χ4n) is 2.44. The maximum atomic E-state index is 11.6. The van der Waals surface area contributed by atoms with Gasteiger partial charge in [-0.15, -0.1) is 0 Å². The highest BCUT2D eigenvalue weighted by Gasteiger charge is 2.35. The summed E-state index contributed by atoms with van der Waals surface area (Å²) in [6.45, 7) is 6.59. The minimum atomic E-state index is -0.414. The molecule has 0 aromatic heterocycles. The van der Waals surface area contributed by atoms with Crippen LogP contribution in [0, 0.1) is 5.92 Å². The Morgan fingerprint density at radius 2 is 1.82 bits per heavy atom. The van der Waals surface area contributed by atoms with Crippen LogP contribution in [0.25, 0.3) is 0 Å². The van der Waals surface area contributed by atoms with Crippen molar-refractivity contribution < 1.29 is 14.3 Å². The van der Waals surface area contributed by atoms with E-state index >= 15 is 0 Å². The second-order valence-corrected chi connectivity index (χ2v) is 6.13. The van der Waals surface area contributed by atoms with Crippen molar-refractivity contribution in [1.29, 1.82) is 0 Å². The van der Waals surface area contributed by atoms with Crippen LogP contribution in [0.5, 0.6) is 0 Å². The minimum Gasteiger partial charge on any atom is -0.444 e. The molecule has 1 heterocycles. The van der Waals surface area contributed by atoms with Crippen LogP contribution in [0.1, 0.15) is 46.5 Å². The molecule has 2 fully saturated rings. The fraction of sp³-hybridized carbons (Fsp3) is 0.923. The molecule has 0 bridgehead atoms. The van der Waals surface area contributed by atoms with Gasteiger partial charge < -0.3 is 14.8 Å². The summed E-state index contributed by atoms with van der Waals surface area (Å²) in [6, 6.07) is 0.278. The maximum Gasteiger partial charge on any atom is 0.407 e. The average molecular weight is 241 g/mol. The number of epoxide rings is 1. The highest BCUT2D eigenvalue weighted by atomic mass is 16.6. The molecule has 4 nitrogen and oxygen atoms in total. The van der Waals surface area contributed by atoms with Gasteiger partial charge in [0, 0.05) is 6.04 Å². The number of amides is 1. The van der Waals surface area contributed by atoms with E-state index in [1.165, 1.54) is 0 Å². The third kappa shape index (κ3) is 4.19. The second-order valence-electron chi connectivity index (χ2n) is 6.13. The number of hydrogen-bond donors (Lipinski definition) is 1. The Morgan fingerprint density at radius 3 is 2.29 bits per heavy atom. The zero-order valence-corrected chi connectivity index (χ0v) is 11.0. The Morgan fingerprint density at radius 1 is 1.24 bits per heavy atom. The van der Waals surface area contributed by atoms with Gasteiger partial charge in [0.2, 0.25) is 0 Å². The minimum absolute atomic E-state index is 0.278. The van der Waals surface area contributed by atoms with Crippen molar-refractivity contribution in [2.24, 2.45) is 5.92 Å². The van der Waals surface area contributed by atoms with Crippen LogP contribution in [-0.4, -0.2) is 30.4 Å². The molecule has 0 unspecified atom stereocenters. The van der Waals surface area contributed by atoms with Gasteiger partial charge in [0.25, 0.3) is 0 Å². The maximum absolute atomic E-state index is 11.6. The molecule has 1 atom stereocenters. The number of hydrogen-bond acceptors (Lipinski definition) is 3. The second kappa shape index (κ2) is 4.84. The molecule has 2 rings (SSSR count). The van der Waals surface area contributed by atoms with E-state index in [2.05, 4.69) is 5.32 Å². The number of nitrogens with one attached hydrogen (secondary N) is 1. The van der Waals surface area contributed by atoms with Crippen molar-refractivity contribution in [3.05, 3.63) is 0 Å². The molecule has 0 aromatic carbocycles. The van der Waals surface area contributed by atoms with Crippen LogP contribution in [0.4, 0.5) is 4.79 Å². The molecule has 4 heteroatoms. The first-order valence-corrected chi connectivity index (χ1v) is 6.55. The van der Waals surface area contributed by atoms with Gasteiger partial charge in [-0.25, -0.2) is 4.79 Å². The summed E-state index contributed by atoms with van der Waals surface area (Å²) >= 11 is 0. The number of carbonyl (C=O) groups excluding carboxylic acids is 1. The molecule has 98 valence electrons. The van der Waals surface area contributed by atoms with Gasteiger partial charge in [0.1, 0.15) is 5.60 Å². The fourth-order valence-corrected chi connectivity index (χ4v) is 2.44. The molecule has 1 saturated carbocycles. The van der Waals surface area contributed by atoms with E-state index in [0.29, 0.717) is 12.0 Å². The van der Waals surface area contributed by atoms with E-state index in [9.17, 15) is 4.79 Å². The molecule has 1 saturated heterocycles. The molecular weight excluding hydrogens is 218 g/mol. The summed E-state index contributed by atoms with van der Waals surface area (Å²) in [5.74, 6) is 0.715. The zero-order chi connectivity index (χ0) is 12.5. The summed E-state index contributed by atoms with van der Waals surface area (Å²) in [4.78, 5) is 11.6. The standard InChI is InChI=1S/C13H23NO3/c1-13(2,3)17-12(15)14-10-6-4-9(5-7-10)11-8-16-11/h9-11H,4-8H2,1-3H3,(H,14,15)/t9-,10-,11-/m1/s1. The Labute approximate surface area is 103 Å². The Hall–Kier alpha value is -0.770. The van der Waals surface area contributed by atoms with Crippen molar-refractivity contribution in [2.45, 2.75) is 64.2 Å². The van der Waals surface area contributed by atoms with Crippen LogP contribution >= 0.6 is 0 Å². The number of ether oxygens (including phenoxy) is 2. The van der Waals surface area contributed by atoms with Crippen molar-refractivity contribution >= 4 is 6.09 Å². The van der Waals surface area contributed by atoms with E-state index in [1.807, 2.05) is 20.8 Å². The van der Waals surface area contributed by atoms with Gasteiger partial charge in [0.05, 0.1) is 12.7 Å². The lowest BCUT2D eigenvalue weighted by Crippen LogP contribution is -2.41. The molecule has 2 aliphatic rings. The summed E-state index contributed by atoms with van der Waals surface area (Å²) in [5.41, 5.74) is -0.414. The van der Waals surface area contributed by atoms with Gasteiger partial charge in [-0.1, -0.05) is 0 Å². The molecular formula is C13H23NO3. The van der Waals surface area contributed by atoms with Crippen LogP contribution in [0.2, 0.25) is 0 Å². The van der Waals surface area contributed by atoms with Gasteiger partial charge in [0.15, 0.2) is 0 Å². The molecule has 1 amide bonds. The molecule has 0 spiro atoms. The molecule has 1 aliphatic heterocycles. The lowest BCUT2D eigenvalue weighted by Gasteiger charge is -2.29. The van der Waals surface area contributed by atoms with Gasteiger partial charge in [-0.2, -0.15) is 0 Å². The van der Waals surface area contributed by atoms with Crippen molar-refractivity contribution in [1.82, 2.24) is 5.32 Å². The molecule has 1 N–H and O–H groups in total. The van der Waals surface area contributed by atoms with Crippen molar-refractivity contribution in [3.63, 3.8) is 0 Å². The summed E-state index contributed by atoms with van der Waals surface area (Å²) in [7, 11) is 0. The summed E-state index contributed by atoms with van der Waals surface area (Å²) in [5, 5.41) is 2.95. The third-order valence-corrected chi connectivity index (χ3v) is 3.38. The Balaban J connectivity index is 1.68. The monoisotopic (exact) mass is 241 g/mol. The highest BCUT2D eigenvalue weighted by Crippen LogP contribution is 2.33. The number of carbonyl (C=O) groups is 1. The third-order valence-electron chi connectivity index (χ3n) is 3.38. The predicted molar refractivity (Wildman–Crippen MR) is 64.9 cm³/mol. The first-order chi connectivity index (χ1) is 7.94. The molecule has 0 radical (unpaired) electrons. The largest absolute Gasteiger partial charge is 0.444 e. The lowest BCUT2D eigenvalue weighted by molar-refractivity contribution is 0.0485. The van der Waals surface area contributed by atoms with Gasteiger partial charge in [-0.05, 0) is 52.4 Å². The van der Waals surface area contributed by atoms with Crippen LogP contribution in [0.15, 0.2) is 0 Å². The van der Waals surface area contributed by atoms with E-state index < -0.39 is 5.60 Å². The quantitative estimate of drug-likeness (QED) is 0.756. The smallest absolute Gasteiger partial charge is 0.407 e. The highest BCUT2D eigenvalue weighted by molar-refractivity contribution is 5.68. The Kier molecular flexibility index (Phi) is 3.61. The Bertz CT molecular complexity index is 273. The van der Waals surface area contributed by atoms with E-state index in [-0.39, 0.29) is 12.1 Å². The number of rotatable bonds is 2. The molecule has 0 aromatic rings. The van der Waals surface area contributed by atoms with Crippen LogP contribution in [0.3, 0.4) is 0 Å². The molecule has 17 heavy (non-hydrogen) atoms. The van der Waals surface area contributed by atoms with Gasteiger partial charge >= 0.3 is 6.09 Å². The first-order valence-electron chi connectivity index (χ1n) is 6.55. The summed E-state index contributed by atoms with van der Waals surface area (Å²) < 4.78 is 10.6. The molecule has 1 aliphatic carbocycles. The van der Waals surface area contributed by atoms with Crippen LogP contribution in [-0.2, 0) is 9.47 Å². The normalized spacial score (nSPS) is 33.0. The lowest BCUT2D eigenvalue weighted by atomic mass is 9.84. The van der Waals surface area contributed by atoms with E-state index in [4.69, 9.17) is 9.47 Å². The van der Waals surface area contributed by atoms with E-state index in [0.717, 1.165) is 32.3 Å². The predicted octanol–water partition coefficient (Wildman–Crippen LogP) is 2.47. The summed E-state index contributed by atoms with van der Waals surface area (Å²) in [6.07, 6.45) is 4.63. The van der Waals surface area contributed by atoms with Crippen molar-refractivity contribution in [3.8, 4) is 0 Å². The average Bonchev–Trinajstić information content (AvgIpc) is 2.99. The first kappa shape index (κ1) is 12.7. The SMILES string of the molecule is CC(C)(C)OC(=O)N[C@H]1CC[C@H]([C@H]2CO2)CC1. The van der Waals surface area contributed by atoms with Crippen molar-refractivity contribution in [2.75, 3.05) is 6.61 Å². The topological polar surface area (TPSA) is 50.9 Å². The van der Waals surface area contributed by atoms with Crippen LogP contribution < -0.4 is 5.32 Å². The zero-order valence-electron chi connectivity index (χ0n) is 11.0. The van der Waals surface area contributed by atoms with Gasteiger partial charge in [-0.3, -0.25) is 0 Å². The number of alkyl carbamates (subject to hydrolysis) is 1.